The van der Waals surface area contributed by atoms with E-state index in [4.69, 9.17) is 4.42 Å². The molecule has 0 aliphatic heterocycles. The quantitative estimate of drug-likeness (QED) is 0.796. The van der Waals surface area contributed by atoms with Crippen molar-refractivity contribution < 1.29 is 4.42 Å². The zero-order valence-corrected chi connectivity index (χ0v) is 14.1. The van der Waals surface area contributed by atoms with Gasteiger partial charge in [0.05, 0.1) is 6.54 Å². The zero-order valence-electron chi connectivity index (χ0n) is 11.7. The molecular weight excluding hydrogens is 340 g/mol. The van der Waals surface area contributed by atoms with Crippen LogP contribution < -0.4 is 5.32 Å². The van der Waals surface area contributed by atoms with Gasteiger partial charge in [-0.05, 0) is 38.4 Å². The minimum absolute atomic E-state index is 0. The van der Waals surface area contributed by atoms with Crippen LogP contribution in [0.15, 0.2) is 45.3 Å². The van der Waals surface area contributed by atoms with Gasteiger partial charge in [0.1, 0.15) is 11.5 Å². The van der Waals surface area contributed by atoms with Gasteiger partial charge in [-0.15, -0.1) is 12.4 Å². The van der Waals surface area contributed by atoms with E-state index < -0.39 is 0 Å². The summed E-state index contributed by atoms with van der Waals surface area (Å²) >= 11 is 3.43. The molecule has 0 bridgehead atoms. The van der Waals surface area contributed by atoms with Crippen molar-refractivity contribution in [2.24, 2.45) is 0 Å². The summed E-state index contributed by atoms with van der Waals surface area (Å²) in [6.07, 6.45) is 0. The van der Waals surface area contributed by atoms with Crippen LogP contribution in [0.1, 0.15) is 5.76 Å². The molecule has 0 atom stereocenters. The molecule has 20 heavy (non-hydrogen) atoms. The predicted molar refractivity (Wildman–Crippen MR) is 89.4 cm³/mol. The van der Waals surface area contributed by atoms with E-state index in [1.54, 1.807) is 0 Å². The van der Waals surface area contributed by atoms with E-state index in [0.717, 1.165) is 41.2 Å². The molecule has 1 aromatic heterocycles. The minimum Gasteiger partial charge on any atom is -0.460 e. The van der Waals surface area contributed by atoms with Gasteiger partial charge in [0, 0.05) is 23.1 Å². The van der Waals surface area contributed by atoms with Gasteiger partial charge < -0.3 is 14.6 Å². The van der Waals surface area contributed by atoms with Crippen molar-refractivity contribution in [3.63, 3.8) is 0 Å². The van der Waals surface area contributed by atoms with E-state index in [0.29, 0.717) is 0 Å². The first-order valence-corrected chi connectivity index (χ1v) is 7.14. The number of halogens is 2. The molecule has 0 fully saturated rings. The Morgan fingerprint density at radius 2 is 1.80 bits per heavy atom. The summed E-state index contributed by atoms with van der Waals surface area (Å²) in [4.78, 5) is 2.16. The molecule has 0 aliphatic rings. The molecule has 3 nitrogen and oxygen atoms in total. The van der Waals surface area contributed by atoms with Gasteiger partial charge >= 0.3 is 0 Å². The summed E-state index contributed by atoms with van der Waals surface area (Å²) in [5, 5.41) is 3.36. The highest BCUT2D eigenvalue weighted by Gasteiger charge is 2.04. The summed E-state index contributed by atoms with van der Waals surface area (Å²) < 4.78 is 6.90. The maximum absolute atomic E-state index is 5.83. The van der Waals surface area contributed by atoms with Crippen LogP contribution in [0.2, 0.25) is 0 Å². The highest BCUT2D eigenvalue weighted by Crippen LogP contribution is 2.23. The molecule has 0 unspecified atom stereocenters. The molecule has 1 heterocycles. The number of rotatable bonds is 6. The predicted octanol–water partition coefficient (Wildman–Crippen LogP) is 3.78. The van der Waals surface area contributed by atoms with Crippen molar-refractivity contribution in [1.29, 1.82) is 0 Å². The van der Waals surface area contributed by atoms with Crippen LogP contribution in [0, 0.1) is 0 Å². The third-order valence-electron chi connectivity index (χ3n) is 2.83. The van der Waals surface area contributed by atoms with E-state index in [1.165, 1.54) is 0 Å². The fraction of sp³-hybridized carbons (Fsp3) is 0.333. The van der Waals surface area contributed by atoms with Crippen molar-refractivity contribution in [2.75, 3.05) is 27.2 Å². The standard InChI is InChI=1S/C15H19BrN2O.ClH/c1-18(2)10-9-17-11-14-7-8-15(19-14)12-3-5-13(16)6-4-12;/h3-8,17H,9-11H2,1-2H3;1H. The lowest BCUT2D eigenvalue weighted by molar-refractivity contribution is 0.392. The molecule has 1 N–H and O–H groups in total. The number of benzene rings is 1. The van der Waals surface area contributed by atoms with Gasteiger partial charge in [0.2, 0.25) is 0 Å². The van der Waals surface area contributed by atoms with Crippen molar-refractivity contribution in [2.45, 2.75) is 6.54 Å². The molecule has 5 heteroatoms. The normalized spacial score (nSPS) is 10.6. The van der Waals surface area contributed by atoms with Crippen molar-refractivity contribution in [3.8, 4) is 11.3 Å². The first-order valence-electron chi connectivity index (χ1n) is 6.35. The van der Waals surface area contributed by atoms with Crippen molar-refractivity contribution in [1.82, 2.24) is 10.2 Å². The minimum atomic E-state index is 0. The van der Waals surface area contributed by atoms with Crippen LogP contribution in [-0.2, 0) is 6.54 Å². The SMILES string of the molecule is CN(C)CCNCc1ccc(-c2ccc(Br)cc2)o1.Cl. The second-order valence-corrected chi connectivity index (χ2v) is 5.67. The topological polar surface area (TPSA) is 28.4 Å². The Morgan fingerprint density at radius 3 is 2.45 bits per heavy atom. The number of nitrogens with zero attached hydrogens (tertiary/aromatic N) is 1. The average Bonchev–Trinajstić information content (AvgIpc) is 2.84. The Kier molecular flexibility index (Phi) is 7.30. The molecule has 0 aliphatic carbocycles. The number of hydrogen-bond donors (Lipinski definition) is 1. The summed E-state index contributed by atoms with van der Waals surface area (Å²) in [5.41, 5.74) is 1.10. The van der Waals surface area contributed by atoms with E-state index in [-0.39, 0.29) is 12.4 Å². The number of hydrogen-bond acceptors (Lipinski definition) is 3. The highest BCUT2D eigenvalue weighted by molar-refractivity contribution is 9.10. The van der Waals surface area contributed by atoms with E-state index in [1.807, 2.05) is 36.4 Å². The fourth-order valence-electron chi connectivity index (χ4n) is 1.76. The molecule has 1 aromatic carbocycles. The van der Waals surface area contributed by atoms with Crippen LogP contribution in [0.25, 0.3) is 11.3 Å². The number of likely N-dealkylation sites (N-methyl/N-ethyl adjacent to an activating group) is 1. The average molecular weight is 360 g/mol. The molecule has 0 radical (unpaired) electrons. The zero-order chi connectivity index (χ0) is 13.7. The summed E-state index contributed by atoms with van der Waals surface area (Å²) in [5.74, 6) is 1.88. The molecule has 2 aromatic rings. The van der Waals surface area contributed by atoms with Gasteiger partial charge in [0.15, 0.2) is 0 Å². The first kappa shape index (κ1) is 17.2. The lowest BCUT2D eigenvalue weighted by Gasteiger charge is -2.09. The second kappa shape index (κ2) is 8.47. The Hall–Kier alpha value is -0.810. The number of furan rings is 1. The molecule has 2 rings (SSSR count). The maximum Gasteiger partial charge on any atom is 0.134 e. The Balaban J connectivity index is 0.00000200. The Morgan fingerprint density at radius 1 is 1.10 bits per heavy atom. The first-order chi connectivity index (χ1) is 9.15. The number of nitrogens with one attached hydrogen (secondary N) is 1. The van der Waals surface area contributed by atoms with Crippen LogP contribution in [0.5, 0.6) is 0 Å². The molecule has 0 amide bonds. The molecule has 110 valence electrons. The summed E-state index contributed by atoms with van der Waals surface area (Å²) in [7, 11) is 4.14. The van der Waals surface area contributed by atoms with E-state index in [2.05, 4.69) is 40.2 Å². The van der Waals surface area contributed by atoms with Crippen molar-refractivity contribution >= 4 is 28.3 Å². The van der Waals surface area contributed by atoms with Gasteiger partial charge in [-0.25, -0.2) is 0 Å². The smallest absolute Gasteiger partial charge is 0.134 e. The fourth-order valence-corrected chi connectivity index (χ4v) is 2.02. The van der Waals surface area contributed by atoms with Gasteiger partial charge in [-0.2, -0.15) is 0 Å². The van der Waals surface area contributed by atoms with Crippen molar-refractivity contribution in [3.05, 3.63) is 46.6 Å². The van der Waals surface area contributed by atoms with Gasteiger partial charge in [-0.1, -0.05) is 28.1 Å². The largest absolute Gasteiger partial charge is 0.460 e. The van der Waals surface area contributed by atoms with E-state index in [9.17, 15) is 0 Å². The third kappa shape index (κ3) is 5.29. The van der Waals surface area contributed by atoms with E-state index >= 15 is 0 Å². The second-order valence-electron chi connectivity index (χ2n) is 4.75. The Bertz CT molecular complexity index is 511. The molecular formula is C15H20BrClN2O. The lowest BCUT2D eigenvalue weighted by atomic mass is 10.2. The summed E-state index contributed by atoms with van der Waals surface area (Å²) in [6, 6.07) is 12.2. The lowest BCUT2D eigenvalue weighted by Crippen LogP contribution is -2.25. The van der Waals surface area contributed by atoms with Crippen LogP contribution >= 0.6 is 28.3 Å². The van der Waals surface area contributed by atoms with Gasteiger partial charge in [0.25, 0.3) is 0 Å². The monoisotopic (exact) mass is 358 g/mol. The van der Waals surface area contributed by atoms with Crippen LogP contribution in [0.4, 0.5) is 0 Å². The third-order valence-corrected chi connectivity index (χ3v) is 3.35. The molecule has 0 saturated carbocycles. The van der Waals surface area contributed by atoms with Gasteiger partial charge in [-0.3, -0.25) is 0 Å². The molecule has 0 spiro atoms. The van der Waals surface area contributed by atoms with Crippen LogP contribution in [-0.4, -0.2) is 32.1 Å². The highest BCUT2D eigenvalue weighted by atomic mass is 79.9. The van der Waals surface area contributed by atoms with Crippen LogP contribution in [0.3, 0.4) is 0 Å². The molecule has 0 saturated heterocycles. The summed E-state index contributed by atoms with van der Waals surface area (Å²) in [6.45, 7) is 2.76. The maximum atomic E-state index is 5.83. The Labute approximate surface area is 134 Å².